The number of nitrogens with one attached hydrogen (secondary N) is 1. The van der Waals surface area contributed by atoms with Gasteiger partial charge in [-0.05, 0) is 18.9 Å². The van der Waals surface area contributed by atoms with Gasteiger partial charge in [-0.15, -0.1) is 0 Å². The van der Waals surface area contributed by atoms with E-state index in [4.69, 9.17) is 4.74 Å². The Labute approximate surface area is 149 Å². The summed E-state index contributed by atoms with van der Waals surface area (Å²) in [7, 11) is -2.72. The maximum Gasteiger partial charge on any atom is 0.420 e. The van der Waals surface area contributed by atoms with Crippen molar-refractivity contribution in [1.29, 1.82) is 0 Å². The van der Waals surface area contributed by atoms with Gasteiger partial charge >= 0.3 is 6.18 Å². The molecule has 1 aliphatic rings. The number of sulfonamides is 1. The molecule has 6 nitrogen and oxygen atoms in total. The summed E-state index contributed by atoms with van der Waals surface area (Å²) in [5.41, 5.74) is -1.13. The molecule has 0 radical (unpaired) electrons. The van der Waals surface area contributed by atoms with E-state index in [1.165, 1.54) is 11.9 Å². The average Bonchev–Trinajstić information content (AvgIpc) is 3.06. The van der Waals surface area contributed by atoms with Gasteiger partial charge in [-0.3, -0.25) is 4.39 Å². The zero-order chi connectivity index (χ0) is 19.4. The van der Waals surface area contributed by atoms with Crippen LogP contribution in [0.25, 0.3) is 0 Å². The molecule has 1 aromatic rings. The van der Waals surface area contributed by atoms with Gasteiger partial charge in [0.2, 0.25) is 10.0 Å². The molecule has 0 spiro atoms. The predicted octanol–water partition coefficient (Wildman–Crippen LogP) is 2.21. The highest BCUT2D eigenvalue weighted by molar-refractivity contribution is 7.89. The Hall–Kier alpha value is -1.46. The van der Waals surface area contributed by atoms with Crippen LogP contribution in [0.15, 0.2) is 17.2 Å². The van der Waals surface area contributed by atoms with Gasteiger partial charge < -0.3 is 9.64 Å². The second-order valence-corrected chi connectivity index (χ2v) is 7.86. The van der Waals surface area contributed by atoms with Crippen LogP contribution in [0.2, 0.25) is 0 Å². The number of hydrogen-bond donors (Lipinski definition) is 1. The summed E-state index contributed by atoms with van der Waals surface area (Å²) in [5.74, 6) is -0.249. The molecule has 148 valence electrons. The minimum absolute atomic E-state index is 0.0664. The molecule has 1 fully saturated rings. The Kier molecular flexibility index (Phi) is 6.80. The molecule has 1 unspecified atom stereocenters. The van der Waals surface area contributed by atoms with Crippen molar-refractivity contribution < 1.29 is 30.7 Å². The van der Waals surface area contributed by atoms with Crippen molar-refractivity contribution in [2.75, 3.05) is 44.9 Å². The van der Waals surface area contributed by atoms with E-state index in [0.717, 1.165) is 12.6 Å². The van der Waals surface area contributed by atoms with E-state index in [1.54, 1.807) is 0 Å². The Morgan fingerprint density at radius 1 is 1.42 bits per heavy atom. The van der Waals surface area contributed by atoms with E-state index in [0.29, 0.717) is 25.8 Å². The lowest BCUT2D eigenvalue weighted by Crippen LogP contribution is -2.30. The van der Waals surface area contributed by atoms with E-state index in [9.17, 15) is 26.0 Å². The monoisotopic (exact) mass is 399 g/mol. The molecule has 1 aliphatic heterocycles. The fraction of sp³-hybridized carbons (Fsp3) is 0.667. The molecule has 1 atom stereocenters. The zero-order valence-electron chi connectivity index (χ0n) is 14.2. The van der Waals surface area contributed by atoms with Crippen LogP contribution in [0.3, 0.4) is 0 Å². The van der Waals surface area contributed by atoms with Gasteiger partial charge in [0.05, 0.1) is 18.8 Å². The van der Waals surface area contributed by atoms with Crippen LogP contribution in [-0.2, 0) is 20.9 Å². The largest absolute Gasteiger partial charge is 0.420 e. The van der Waals surface area contributed by atoms with Crippen molar-refractivity contribution in [1.82, 2.24) is 9.71 Å². The normalized spacial score (nSPS) is 18.3. The van der Waals surface area contributed by atoms with Crippen LogP contribution in [-0.4, -0.2) is 53.4 Å². The molecule has 0 aliphatic carbocycles. The lowest BCUT2D eigenvalue weighted by molar-refractivity contribution is -0.137. The smallest absolute Gasteiger partial charge is 0.381 e. The number of hydrogen-bond acceptors (Lipinski definition) is 5. The Balaban J connectivity index is 2.29. The number of pyridine rings is 1. The highest BCUT2D eigenvalue weighted by Gasteiger charge is 2.37. The van der Waals surface area contributed by atoms with Crippen LogP contribution >= 0.6 is 0 Å². The number of alkyl halides is 4. The maximum absolute atomic E-state index is 13.4. The van der Waals surface area contributed by atoms with Gasteiger partial charge in [-0.2, -0.15) is 13.2 Å². The predicted molar refractivity (Wildman–Crippen MR) is 87.2 cm³/mol. The van der Waals surface area contributed by atoms with Gasteiger partial charge in [-0.25, -0.2) is 18.1 Å². The van der Waals surface area contributed by atoms with Gasteiger partial charge in [-0.1, -0.05) is 0 Å². The molecule has 1 N–H and O–H groups in total. The molecule has 2 heterocycles. The van der Waals surface area contributed by atoms with E-state index in [2.05, 4.69) is 9.71 Å². The van der Waals surface area contributed by atoms with Crippen molar-refractivity contribution in [2.24, 2.45) is 5.92 Å². The second kappa shape index (κ2) is 8.49. The molecule has 0 bridgehead atoms. The van der Waals surface area contributed by atoms with Crippen molar-refractivity contribution in [3.63, 3.8) is 0 Å². The lowest BCUT2D eigenvalue weighted by atomic mass is 10.1. The maximum atomic E-state index is 13.4. The quantitative estimate of drug-likeness (QED) is 0.536. The fourth-order valence-corrected chi connectivity index (χ4v) is 3.70. The van der Waals surface area contributed by atoms with E-state index in [1.807, 2.05) is 0 Å². The number of halogens is 4. The van der Waals surface area contributed by atoms with Crippen LogP contribution in [0.5, 0.6) is 0 Å². The van der Waals surface area contributed by atoms with E-state index < -0.39 is 33.3 Å². The molecule has 0 amide bonds. The minimum Gasteiger partial charge on any atom is -0.381 e. The van der Waals surface area contributed by atoms with Crippen LogP contribution < -0.4 is 9.62 Å². The molecule has 0 aromatic carbocycles. The van der Waals surface area contributed by atoms with Gasteiger partial charge in [0.15, 0.2) is 0 Å². The summed E-state index contributed by atoms with van der Waals surface area (Å²) in [4.78, 5) is 4.50. The molecule has 26 heavy (non-hydrogen) atoms. The minimum atomic E-state index is -4.77. The number of rotatable bonds is 8. The zero-order valence-corrected chi connectivity index (χ0v) is 15.0. The fourth-order valence-electron chi connectivity index (χ4n) is 2.66. The second-order valence-electron chi connectivity index (χ2n) is 6.09. The Morgan fingerprint density at radius 3 is 2.73 bits per heavy atom. The first-order valence-corrected chi connectivity index (χ1v) is 9.55. The number of ether oxygens (including phenoxy) is 1. The first-order chi connectivity index (χ1) is 12.1. The highest BCUT2D eigenvalue weighted by atomic mass is 32.2. The molecule has 1 saturated heterocycles. The molecule has 1 aromatic heterocycles. The van der Waals surface area contributed by atoms with Crippen molar-refractivity contribution in [3.05, 3.63) is 17.8 Å². The van der Waals surface area contributed by atoms with E-state index in [-0.39, 0.29) is 24.7 Å². The first kappa shape index (κ1) is 20.8. The SMILES string of the molecule is CN(CC1CCOC1)c1ncc(S(=O)(=O)NCCCF)cc1C(F)(F)F. The van der Waals surface area contributed by atoms with Crippen LogP contribution in [0.1, 0.15) is 18.4 Å². The topological polar surface area (TPSA) is 71.5 Å². The standard InChI is InChI=1S/C15H21F4N3O3S/c1-22(9-11-3-6-25-10-11)14-13(15(17,18)19)7-12(8-20-14)26(23,24)21-5-2-4-16/h7-8,11,21H,2-6,9-10H2,1H3. The summed E-state index contributed by atoms with van der Waals surface area (Å²) in [5, 5.41) is 0. The molecule has 11 heteroatoms. The first-order valence-electron chi connectivity index (χ1n) is 8.07. The van der Waals surface area contributed by atoms with Crippen molar-refractivity contribution in [2.45, 2.75) is 23.9 Å². The molecule has 2 rings (SSSR count). The van der Waals surface area contributed by atoms with Crippen molar-refractivity contribution in [3.8, 4) is 0 Å². The number of aromatic nitrogens is 1. The Morgan fingerprint density at radius 2 is 2.15 bits per heavy atom. The number of nitrogens with zero attached hydrogens (tertiary/aromatic N) is 2. The van der Waals surface area contributed by atoms with Crippen LogP contribution in [0, 0.1) is 5.92 Å². The van der Waals surface area contributed by atoms with E-state index >= 15 is 0 Å². The number of anilines is 1. The van der Waals surface area contributed by atoms with Crippen molar-refractivity contribution >= 4 is 15.8 Å². The Bertz CT molecular complexity index is 707. The third kappa shape index (κ3) is 5.27. The summed E-state index contributed by atoms with van der Waals surface area (Å²) in [6, 6.07) is 0.557. The summed E-state index contributed by atoms with van der Waals surface area (Å²) in [6.45, 7) is 0.417. The molecular formula is C15H21F4N3O3S. The van der Waals surface area contributed by atoms with Gasteiger partial charge in [0.1, 0.15) is 10.7 Å². The molecule has 0 saturated carbocycles. The summed E-state index contributed by atoms with van der Waals surface area (Å²) < 4.78 is 83.8. The van der Waals surface area contributed by atoms with Gasteiger partial charge in [0.25, 0.3) is 0 Å². The van der Waals surface area contributed by atoms with Gasteiger partial charge in [0, 0.05) is 38.9 Å². The van der Waals surface area contributed by atoms with Crippen LogP contribution in [0.4, 0.5) is 23.4 Å². The summed E-state index contributed by atoms with van der Waals surface area (Å²) >= 11 is 0. The summed E-state index contributed by atoms with van der Waals surface area (Å²) in [6.07, 6.45) is -3.21. The molecular weight excluding hydrogens is 378 g/mol. The third-order valence-corrected chi connectivity index (χ3v) is 5.41. The third-order valence-electron chi connectivity index (χ3n) is 3.98. The highest BCUT2D eigenvalue weighted by Crippen LogP contribution is 2.36. The average molecular weight is 399 g/mol. The lowest BCUT2D eigenvalue weighted by Gasteiger charge is -2.25.